The highest BCUT2D eigenvalue weighted by molar-refractivity contribution is 7.93. The van der Waals surface area contributed by atoms with Crippen LogP contribution < -0.4 is 4.31 Å². The van der Waals surface area contributed by atoms with E-state index < -0.39 is 10.0 Å². The number of hydrogen-bond acceptors (Lipinski definition) is 4. The first-order valence-corrected chi connectivity index (χ1v) is 10.6. The lowest BCUT2D eigenvalue weighted by molar-refractivity contribution is -0.139. The third kappa shape index (κ3) is 3.79. The average Bonchev–Trinajstić information content (AvgIpc) is 2.64. The van der Waals surface area contributed by atoms with Gasteiger partial charge < -0.3 is 4.74 Å². The van der Waals surface area contributed by atoms with Crippen molar-refractivity contribution in [2.45, 2.75) is 31.1 Å². The molecule has 5 nitrogen and oxygen atoms in total. The topological polar surface area (TPSA) is 63.7 Å². The fourth-order valence-corrected chi connectivity index (χ4v) is 5.84. The number of anilines is 1. The van der Waals surface area contributed by atoms with Crippen molar-refractivity contribution in [1.82, 2.24) is 0 Å². The summed E-state index contributed by atoms with van der Waals surface area (Å²) in [6.07, 6.45) is 1.52. The maximum Gasteiger partial charge on any atom is 0.309 e. The maximum atomic E-state index is 13.4. The van der Waals surface area contributed by atoms with E-state index in [4.69, 9.17) is 27.9 Å². The number of nitrogens with zero attached hydrogens (tertiary/aromatic N) is 1. The summed E-state index contributed by atoms with van der Waals surface area (Å²) in [4.78, 5) is 11.5. The van der Waals surface area contributed by atoms with E-state index in [0.717, 1.165) is 12.0 Å². The van der Waals surface area contributed by atoms with Crippen molar-refractivity contribution in [2.75, 3.05) is 18.0 Å². The largest absolute Gasteiger partial charge is 0.469 e. The number of hydrogen-bond donors (Lipinski definition) is 0. The van der Waals surface area contributed by atoms with Crippen LogP contribution in [-0.4, -0.2) is 28.0 Å². The van der Waals surface area contributed by atoms with Crippen molar-refractivity contribution >= 4 is 44.9 Å². The molecule has 3 rings (SSSR count). The molecule has 0 N–H and O–H groups in total. The van der Waals surface area contributed by atoms with Crippen LogP contribution in [0.15, 0.2) is 35.2 Å². The number of sulfonamides is 1. The minimum atomic E-state index is -3.96. The molecule has 27 heavy (non-hydrogen) atoms. The van der Waals surface area contributed by atoms with Crippen molar-refractivity contribution in [1.29, 1.82) is 0 Å². The first-order chi connectivity index (χ1) is 12.8. The van der Waals surface area contributed by atoms with Crippen LogP contribution in [0.1, 0.15) is 23.1 Å². The van der Waals surface area contributed by atoms with Crippen molar-refractivity contribution in [2.24, 2.45) is 0 Å². The minimum Gasteiger partial charge on any atom is -0.469 e. The Hall–Kier alpha value is -1.76. The highest BCUT2D eigenvalue weighted by Gasteiger charge is 2.33. The van der Waals surface area contributed by atoms with Crippen LogP contribution in [0.25, 0.3) is 0 Å². The van der Waals surface area contributed by atoms with Gasteiger partial charge in [0.05, 0.1) is 29.3 Å². The molecule has 1 aliphatic heterocycles. The second kappa shape index (κ2) is 7.70. The molecule has 0 atom stereocenters. The number of fused-ring (bicyclic) bond motifs is 1. The van der Waals surface area contributed by atoms with Crippen molar-refractivity contribution in [3.8, 4) is 0 Å². The Morgan fingerprint density at radius 2 is 1.96 bits per heavy atom. The molecule has 2 aromatic carbocycles. The number of esters is 1. The molecule has 0 saturated heterocycles. The van der Waals surface area contributed by atoms with Crippen molar-refractivity contribution in [3.63, 3.8) is 0 Å². The normalized spacial score (nSPS) is 14.0. The van der Waals surface area contributed by atoms with Gasteiger partial charge in [-0.25, -0.2) is 8.42 Å². The fraction of sp³-hybridized carbons (Fsp3) is 0.316. The summed E-state index contributed by atoms with van der Waals surface area (Å²) in [6, 6.07) is 8.62. The molecule has 0 unspecified atom stereocenters. The maximum absolute atomic E-state index is 13.4. The predicted octanol–water partition coefficient (Wildman–Crippen LogP) is 4.16. The van der Waals surface area contributed by atoms with Gasteiger partial charge in [-0.1, -0.05) is 41.4 Å². The van der Waals surface area contributed by atoms with Gasteiger partial charge in [0.1, 0.15) is 4.90 Å². The summed E-state index contributed by atoms with van der Waals surface area (Å²) in [5.74, 6) is -0.384. The Balaban J connectivity index is 2.11. The Morgan fingerprint density at radius 1 is 1.22 bits per heavy atom. The first kappa shape index (κ1) is 20.0. The van der Waals surface area contributed by atoms with Crippen molar-refractivity contribution < 1.29 is 17.9 Å². The fourth-order valence-electron chi connectivity index (χ4n) is 3.16. The summed E-state index contributed by atoms with van der Waals surface area (Å²) >= 11 is 12.5. The number of carbonyl (C=O) groups is 1. The summed E-state index contributed by atoms with van der Waals surface area (Å²) < 4.78 is 32.8. The number of rotatable bonds is 4. The summed E-state index contributed by atoms with van der Waals surface area (Å²) in [5, 5.41) is 0.212. The van der Waals surface area contributed by atoms with E-state index in [2.05, 4.69) is 0 Å². The summed E-state index contributed by atoms with van der Waals surface area (Å²) in [5.41, 5.74) is 2.77. The van der Waals surface area contributed by atoms with Gasteiger partial charge in [0.15, 0.2) is 0 Å². The Bertz CT molecular complexity index is 1010. The van der Waals surface area contributed by atoms with Crippen molar-refractivity contribution in [3.05, 3.63) is 57.1 Å². The van der Waals surface area contributed by atoms with Crippen LogP contribution in [0.5, 0.6) is 0 Å². The molecule has 1 heterocycles. The van der Waals surface area contributed by atoms with Gasteiger partial charge in [0.25, 0.3) is 10.0 Å². The third-order valence-corrected chi connectivity index (χ3v) is 7.52. The molecule has 0 bridgehead atoms. The number of carbonyl (C=O) groups excluding carboxylic acids is 1. The minimum absolute atomic E-state index is 0.0730. The van der Waals surface area contributed by atoms with Crippen LogP contribution in [0.4, 0.5) is 5.69 Å². The molecular formula is C19H19Cl2NO4S. The second-order valence-electron chi connectivity index (χ2n) is 6.40. The van der Waals surface area contributed by atoms with Crippen LogP contribution in [0.2, 0.25) is 10.0 Å². The van der Waals surface area contributed by atoms with E-state index in [1.807, 2.05) is 12.1 Å². The van der Waals surface area contributed by atoms with E-state index >= 15 is 0 Å². The molecule has 1 aliphatic rings. The zero-order valence-electron chi connectivity index (χ0n) is 15.0. The molecule has 8 heteroatoms. The van der Waals surface area contributed by atoms with Crippen LogP contribution >= 0.6 is 23.2 Å². The highest BCUT2D eigenvalue weighted by atomic mass is 35.5. The number of benzene rings is 2. The number of methoxy groups -OCH3 is 1. The van der Waals surface area contributed by atoms with Gasteiger partial charge in [0.2, 0.25) is 0 Å². The lowest BCUT2D eigenvalue weighted by atomic mass is 10.00. The zero-order valence-corrected chi connectivity index (χ0v) is 17.3. The monoisotopic (exact) mass is 427 g/mol. The molecule has 0 aromatic heterocycles. The van der Waals surface area contributed by atoms with Gasteiger partial charge in [0, 0.05) is 6.54 Å². The summed E-state index contributed by atoms with van der Waals surface area (Å²) in [6.45, 7) is 2.05. The molecule has 0 amide bonds. The third-order valence-electron chi connectivity index (χ3n) is 4.59. The van der Waals surface area contributed by atoms with Crippen LogP contribution in [0, 0.1) is 6.92 Å². The molecule has 0 aliphatic carbocycles. The highest BCUT2D eigenvalue weighted by Crippen LogP contribution is 2.38. The molecule has 0 saturated carbocycles. The summed E-state index contributed by atoms with van der Waals surface area (Å²) in [7, 11) is -2.64. The van der Waals surface area contributed by atoms with E-state index in [-0.39, 0.29) is 27.3 Å². The Labute approximate surface area is 168 Å². The SMILES string of the molecule is COC(=O)Cc1ccc2c(c1)N(S(=O)(=O)c1c(Cl)ccc(C)c1Cl)CCC2. The van der Waals surface area contributed by atoms with Gasteiger partial charge in [-0.15, -0.1) is 0 Å². The lowest BCUT2D eigenvalue weighted by Crippen LogP contribution is -2.36. The molecule has 144 valence electrons. The first-order valence-electron chi connectivity index (χ1n) is 8.41. The van der Waals surface area contributed by atoms with Crippen LogP contribution in [0.3, 0.4) is 0 Å². The molecular weight excluding hydrogens is 409 g/mol. The molecule has 2 aromatic rings. The molecule has 0 fully saturated rings. The smallest absolute Gasteiger partial charge is 0.309 e. The number of ether oxygens (including phenoxy) is 1. The van der Waals surface area contributed by atoms with E-state index in [1.165, 1.54) is 17.5 Å². The van der Waals surface area contributed by atoms with E-state index in [9.17, 15) is 13.2 Å². The molecule has 0 radical (unpaired) electrons. The van der Waals surface area contributed by atoms with Gasteiger partial charge in [-0.05, 0) is 48.6 Å². The number of aryl methyl sites for hydroxylation is 2. The Morgan fingerprint density at radius 3 is 2.67 bits per heavy atom. The zero-order chi connectivity index (χ0) is 19.8. The Kier molecular flexibility index (Phi) is 5.70. The van der Waals surface area contributed by atoms with Gasteiger partial charge in [-0.2, -0.15) is 0 Å². The van der Waals surface area contributed by atoms with E-state index in [0.29, 0.717) is 29.8 Å². The van der Waals surface area contributed by atoms with Gasteiger partial charge in [-0.3, -0.25) is 9.10 Å². The molecule has 0 spiro atoms. The lowest BCUT2D eigenvalue weighted by Gasteiger charge is -2.31. The predicted molar refractivity (Wildman–Crippen MR) is 106 cm³/mol. The van der Waals surface area contributed by atoms with Gasteiger partial charge >= 0.3 is 5.97 Å². The van der Waals surface area contributed by atoms with Crippen LogP contribution in [-0.2, 0) is 32.4 Å². The average molecular weight is 428 g/mol. The number of halogens is 2. The standard InChI is InChI=1S/C19H19Cl2NO4S/c1-12-5-8-15(20)19(18(12)21)27(24,25)22-9-3-4-14-7-6-13(10-16(14)22)11-17(23)26-2/h5-8,10H,3-4,9,11H2,1-2H3. The van der Waals surface area contributed by atoms with E-state index in [1.54, 1.807) is 19.1 Å². The quantitative estimate of drug-likeness (QED) is 0.687. The second-order valence-corrected chi connectivity index (χ2v) is 8.99.